The zero-order chi connectivity index (χ0) is 15.4. The number of allylic oxidation sites excluding steroid dienone is 1. The molecule has 0 bridgehead atoms. The molecule has 1 heterocycles. The Bertz CT molecular complexity index is 578. The Kier molecular flexibility index (Phi) is 4.47. The fourth-order valence-electron chi connectivity index (χ4n) is 2.13. The second-order valence-electron chi connectivity index (χ2n) is 4.56. The van der Waals surface area contributed by atoms with Gasteiger partial charge in [0.15, 0.2) is 5.76 Å². The topological polar surface area (TPSA) is 76.7 Å². The van der Waals surface area contributed by atoms with Crippen LogP contribution in [-0.4, -0.2) is 25.5 Å². The number of rotatable bonds is 4. The van der Waals surface area contributed by atoms with Gasteiger partial charge in [-0.2, -0.15) is 0 Å². The Labute approximate surface area is 123 Å². The maximum Gasteiger partial charge on any atom is 0.319 e. The van der Waals surface area contributed by atoms with E-state index in [-0.39, 0.29) is 11.5 Å². The molecule has 2 amide bonds. The summed E-state index contributed by atoms with van der Waals surface area (Å²) in [6.07, 6.45) is 0. The van der Waals surface area contributed by atoms with E-state index < -0.39 is 12.1 Å². The summed E-state index contributed by atoms with van der Waals surface area (Å²) in [5.74, 6) is 0.579. The molecule has 0 saturated heterocycles. The van der Waals surface area contributed by atoms with Crippen molar-refractivity contribution in [2.24, 2.45) is 0 Å². The van der Waals surface area contributed by atoms with Crippen molar-refractivity contribution in [2.45, 2.75) is 19.9 Å². The lowest BCUT2D eigenvalue weighted by atomic mass is 10.0. The fraction of sp³-hybridized carbons (Fsp3) is 0.333. The summed E-state index contributed by atoms with van der Waals surface area (Å²) in [4.78, 5) is 24.4. The van der Waals surface area contributed by atoms with Gasteiger partial charge in [0.25, 0.3) is 0 Å². The van der Waals surface area contributed by atoms with Crippen molar-refractivity contribution in [2.75, 3.05) is 13.7 Å². The normalized spacial score (nSPS) is 18.7. The molecule has 0 aliphatic carbocycles. The quantitative estimate of drug-likeness (QED) is 0.887. The van der Waals surface area contributed by atoms with E-state index in [4.69, 9.17) is 9.47 Å². The summed E-state index contributed by atoms with van der Waals surface area (Å²) in [7, 11) is 1.57. The van der Waals surface area contributed by atoms with E-state index in [0.29, 0.717) is 23.6 Å². The van der Waals surface area contributed by atoms with Crippen molar-refractivity contribution in [1.29, 1.82) is 0 Å². The molecule has 0 fully saturated rings. The summed E-state index contributed by atoms with van der Waals surface area (Å²) >= 11 is 0. The van der Waals surface area contributed by atoms with Gasteiger partial charge >= 0.3 is 6.03 Å². The van der Waals surface area contributed by atoms with Crippen molar-refractivity contribution in [3.63, 3.8) is 0 Å². The molecule has 21 heavy (non-hydrogen) atoms. The van der Waals surface area contributed by atoms with E-state index in [1.807, 2.05) is 0 Å². The van der Waals surface area contributed by atoms with Crippen LogP contribution in [0.3, 0.4) is 0 Å². The van der Waals surface area contributed by atoms with Crippen molar-refractivity contribution < 1.29 is 19.1 Å². The van der Waals surface area contributed by atoms with Gasteiger partial charge in [-0.05, 0) is 31.5 Å². The SMILES string of the molecule is CCOC1=C(C)NC(=O)NC(c2ccc(OC)cc2)C1=O. The van der Waals surface area contributed by atoms with Gasteiger partial charge in [-0.1, -0.05) is 12.1 Å². The number of carbonyl (C=O) groups is 2. The van der Waals surface area contributed by atoms with Crippen LogP contribution in [0, 0.1) is 0 Å². The lowest BCUT2D eigenvalue weighted by Gasteiger charge is -2.16. The number of nitrogens with one attached hydrogen (secondary N) is 2. The minimum Gasteiger partial charge on any atom is -0.497 e. The molecule has 0 radical (unpaired) electrons. The zero-order valence-electron chi connectivity index (χ0n) is 12.2. The number of hydrogen-bond acceptors (Lipinski definition) is 4. The third-order valence-electron chi connectivity index (χ3n) is 3.14. The van der Waals surface area contributed by atoms with Crippen LogP contribution < -0.4 is 15.4 Å². The maximum atomic E-state index is 12.6. The molecule has 112 valence electrons. The molecule has 6 nitrogen and oxygen atoms in total. The Morgan fingerprint density at radius 3 is 2.43 bits per heavy atom. The predicted molar refractivity (Wildman–Crippen MR) is 76.7 cm³/mol. The number of ketones is 1. The first kappa shape index (κ1) is 14.9. The highest BCUT2D eigenvalue weighted by molar-refractivity contribution is 6.02. The third-order valence-corrected chi connectivity index (χ3v) is 3.14. The summed E-state index contributed by atoms with van der Waals surface area (Å²) in [6, 6.07) is 5.75. The number of ether oxygens (including phenoxy) is 2. The van der Waals surface area contributed by atoms with Gasteiger partial charge in [0.05, 0.1) is 19.4 Å². The second kappa shape index (κ2) is 6.30. The van der Waals surface area contributed by atoms with Gasteiger partial charge in [-0.3, -0.25) is 4.79 Å². The van der Waals surface area contributed by atoms with E-state index in [1.54, 1.807) is 45.2 Å². The average molecular weight is 290 g/mol. The number of benzene rings is 1. The summed E-state index contributed by atoms with van der Waals surface area (Å²) < 4.78 is 10.5. The summed E-state index contributed by atoms with van der Waals surface area (Å²) in [6.45, 7) is 3.78. The average Bonchev–Trinajstić information content (AvgIpc) is 2.59. The summed E-state index contributed by atoms with van der Waals surface area (Å²) in [5, 5.41) is 5.23. The van der Waals surface area contributed by atoms with E-state index in [0.717, 1.165) is 0 Å². The molecule has 0 saturated carbocycles. The van der Waals surface area contributed by atoms with Gasteiger partial charge in [0, 0.05) is 0 Å². The van der Waals surface area contributed by atoms with Gasteiger partial charge in [-0.15, -0.1) is 0 Å². The van der Waals surface area contributed by atoms with Crippen LogP contribution in [-0.2, 0) is 9.53 Å². The van der Waals surface area contributed by atoms with Gasteiger partial charge < -0.3 is 20.1 Å². The van der Waals surface area contributed by atoms with Crippen molar-refractivity contribution >= 4 is 11.8 Å². The maximum absolute atomic E-state index is 12.6. The van der Waals surface area contributed by atoms with Crippen LogP contribution in [0.5, 0.6) is 5.75 Å². The van der Waals surface area contributed by atoms with Crippen molar-refractivity contribution in [3.8, 4) is 5.75 Å². The molecule has 0 aromatic heterocycles. The molecule has 1 aromatic carbocycles. The molecule has 1 aromatic rings. The smallest absolute Gasteiger partial charge is 0.319 e. The highest BCUT2D eigenvalue weighted by Crippen LogP contribution is 2.24. The Morgan fingerprint density at radius 1 is 1.19 bits per heavy atom. The van der Waals surface area contributed by atoms with E-state index >= 15 is 0 Å². The highest BCUT2D eigenvalue weighted by atomic mass is 16.5. The number of amides is 2. The van der Waals surface area contributed by atoms with Crippen LogP contribution >= 0.6 is 0 Å². The van der Waals surface area contributed by atoms with Crippen molar-refractivity contribution in [1.82, 2.24) is 10.6 Å². The summed E-state index contributed by atoms with van der Waals surface area (Å²) in [5.41, 5.74) is 1.08. The van der Waals surface area contributed by atoms with Gasteiger partial charge in [-0.25, -0.2) is 4.79 Å². The molecule has 1 aliphatic heterocycles. The van der Waals surface area contributed by atoms with Crippen LogP contribution in [0.15, 0.2) is 35.7 Å². The molecule has 1 unspecified atom stereocenters. The first-order valence-electron chi connectivity index (χ1n) is 6.66. The number of urea groups is 1. The fourth-order valence-corrected chi connectivity index (χ4v) is 2.13. The van der Waals surface area contributed by atoms with Gasteiger partial charge in [0.2, 0.25) is 5.78 Å². The largest absolute Gasteiger partial charge is 0.497 e. The van der Waals surface area contributed by atoms with Crippen molar-refractivity contribution in [3.05, 3.63) is 41.3 Å². The number of methoxy groups -OCH3 is 1. The molecule has 0 spiro atoms. The van der Waals surface area contributed by atoms with Crippen LogP contribution in [0.4, 0.5) is 4.79 Å². The standard InChI is InChI=1S/C15H18N2O4/c1-4-21-14-9(2)16-15(19)17-12(13(14)18)10-5-7-11(20-3)8-6-10/h5-8,12H,4H2,1-3H3,(H2,16,17,19). The minimum atomic E-state index is -0.782. The molecule has 2 rings (SSSR count). The van der Waals surface area contributed by atoms with Crippen LogP contribution in [0.2, 0.25) is 0 Å². The van der Waals surface area contributed by atoms with Crippen LogP contribution in [0.25, 0.3) is 0 Å². The molecular weight excluding hydrogens is 272 g/mol. The van der Waals surface area contributed by atoms with Gasteiger partial charge in [0.1, 0.15) is 11.8 Å². The minimum absolute atomic E-state index is 0.177. The lowest BCUT2D eigenvalue weighted by molar-refractivity contribution is -0.120. The molecule has 2 N–H and O–H groups in total. The first-order valence-corrected chi connectivity index (χ1v) is 6.66. The van der Waals surface area contributed by atoms with E-state index in [9.17, 15) is 9.59 Å². The third kappa shape index (κ3) is 3.16. The molecule has 1 atom stereocenters. The second-order valence-corrected chi connectivity index (χ2v) is 4.56. The van der Waals surface area contributed by atoms with E-state index in [2.05, 4.69) is 10.6 Å². The first-order chi connectivity index (χ1) is 10.1. The predicted octanol–water partition coefficient (Wildman–Crippen LogP) is 1.89. The molecule has 6 heteroatoms. The lowest BCUT2D eigenvalue weighted by Crippen LogP contribution is -2.37. The molecular formula is C15H18N2O4. The number of Topliss-reactive ketones (excluding diaryl/α,β-unsaturated/α-hetero) is 1. The van der Waals surface area contributed by atoms with E-state index in [1.165, 1.54) is 0 Å². The monoisotopic (exact) mass is 290 g/mol. The Balaban J connectivity index is 2.37. The number of carbonyl (C=O) groups excluding carboxylic acids is 2. The Morgan fingerprint density at radius 2 is 1.86 bits per heavy atom. The molecule has 1 aliphatic rings. The van der Waals surface area contributed by atoms with Crippen LogP contribution in [0.1, 0.15) is 25.5 Å². The Hall–Kier alpha value is -2.50. The number of hydrogen-bond donors (Lipinski definition) is 2. The highest BCUT2D eigenvalue weighted by Gasteiger charge is 2.31. The zero-order valence-corrected chi connectivity index (χ0v) is 12.2.